The fraction of sp³-hybridized carbons (Fsp3) is 0.786. The highest BCUT2D eigenvalue weighted by Gasteiger charge is 2.25. The lowest BCUT2D eigenvalue weighted by molar-refractivity contribution is -0.142. The molecule has 0 aliphatic carbocycles. The van der Waals surface area contributed by atoms with Crippen LogP contribution >= 0.6 is 0 Å². The molecule has 2 rings (SSSR count). The molecule has 23 heavy (non-hydrogen) atoms. The molecule has 2 saturated heterocycles. The van der Waals surface area contributed by atoms with Crippen LogP contribution in [-0.4, -0.2) is 110 Å². The van der Waals surface area contributed by atoms with E-state index in [0.717, 1.165) is 13.1 Å². The Kier molecular flexibility index (Phi) is 6.17. The van der Waals surface area contributed by atoms with Gasteiger partial charge in [0.2, 0.25) is 5.91 Å². The van der Waals surface area contributed by atoms with E-state index in [9.17, 15) is 9.59 Å². The molecule has 2 fully saturated rings. The fourth-order valence-electron chi connectivity index (χ4n) is 2.84. The van der Waals surface area contributed by atoms with Crippen LogP contribution in [0.15, 0.2) is 0 Å². The number of rotatable bonds is 4. The first-order chi connectivity index (χ1) is 11.0. The molecule has 1 amide bonds. The van der Waals surface area contributed by atoms with Gasteiger partial charge in [0.25, 0.3) is 0 Å². The lowest BCUT2D eigenvalue weighted by Gasteiger charge is -2.37. The van der Waals surface area contributed by atoms with Gasteiger partial charge in [-0.1, -0.05) is 0 Å². The standard InChI is InChI=1S/C14H26N6O3/c1-23-13(22)11-18-2-6-19(7-3-18)12(21)10-17-4-8-20(9-5-17)14(15)16/h2-11H2,1H3,(H3,15,16). The van der Waals surface area contributed by atoms with Gasteiger partial charge in [-0.2, -0.15) is 0 Å². The number of carbonyl (C=O) groups excluding carboxylic acids is 2. The number of hydrogen-bond acceptors (Lipinski definition) is 6. The van der Waals surface area contributed by atoms with Crippen molar-refractivity contribution in [3.8, 4) is 0 Å². The molecule has 0 aromatic heterocycles. The third-order valence-electron chi connectivity index (χ3n) is 4.38. The number of amides is 1. The highest BCUT2D eigenvalue weighted by molar-refractivity contribution is 5.78. The SMILES string of the molecule is COC(=O)CN1CCN(C(=O)CN2CCN(C(=N)N)CC2)CC1. The van der Waals surface area contributed by atoms with Crippen molar-refractivity contribution in [3.05, 3.63) is 0 Å². The zero-order valence-electron chi connectivity index (χ0n) is 13.7. The molecule has 0 aromatic rings. The summed E-state index contributed by atoms with van der Waals surface area (Å²) in [6.07, 6.45) is 0. The van der Waals surface area contributed by atoms with Crippen LogP contribution in [-0.2, 0) is 14.3 Å². The maximum atomic E-state index is 12.4. The van der Waals surface area contributed by atoms with E-state index < -0.39 is 0 Å². The van der Waals surface area contributed by atoms with Gasteiger partial charge >= 0.3 is 5.97 Å². The normalized spacial score (nSPS) is 20.4. The summed E-state index contributed by atoms with van der Waals surface area (Å²) in [4.78, 5) is 31.4. The van der Waals surface area contributed by atoms with Crippen molar-refractivity contribution in [2.24, 2.45) is 5.73 Å². The molecule has 0 unspecified atom stereocenters. The summed E-state index contributed by atoms with van der Waals surface area (Å²) < 4.78 is 4.66. The van der Waals surface area contributed by atoms with Gasteiger partial charge in [-0.05, 0) is 0 Å². The number of esters is 1. The van der Waals surface area contributed by atoms with E-state index in [4.69, 9.17) is 11.1 Å². The Hall–Kier alpha value is -1.87. The van der Waals surface area contributed by atoms with E-state index in [1.54, 1.807) is 0 Å². The molecule has 2 heterocycles. The van der Waals surface area contributed by atoms with Gasteiger partial charge in [0.1, 0.15) is 0 Å². The predicted molar refractivity (Wildman–Crippen MR) is 85.0 cm³/mol. The summed E-state index contributed by atoms with van der Waals surface area (Å²) in [6, 6.07) is 0. The minimum absolute atomic E-state index is 0.0951. The number of methoxy groups -OCH3 is 1. The molecule has 0 saturated carbocycles. The molecule has 0 atom stereocenters. The minimum atomic E-state index is -0.242. The number of guanidine groups is 1. The van der Waals surface area contributed by atoms with Crippen LogP contribution in [0, 0.1) is 5.41 Å². The van der Waals surface area contributed by atoms with E-state index in [1.807, 2.05) is 14.7 Å². The number of nitrogens with zero attached hydrogens (tertiary/aromatic N) is 4. The molecule has 0 aromatic carbocycles. The van der Waals surface area contributed by atoms with Gasteiger partial charge in [-0.3, -0.25) is 24.8 Å². The highest BCUT2D eigenvalue weighted by atomic mass is 16.5. The van der Waals surface area contributed by atoms with Crippen molar-refractivity contribution in [3.63, 3.8) is 0 Å². The molecule has 0 bridgehead atoms. The molecule has 2 aliphatic rings. The molecule has 3 N–H and O–H groups in total. The Balaban J connectivity index is 1.69. The van der Waals surface area contributed by atoms with E-state index in [-0.39, 0.29) is 24.4 Å². The van der Waals surface area contributed by atoms with Crippen LogP contribution in [0.3, 0.4) is 0 Å². The van der Waals surface area contributed by atoms with Crippen LogP contribution in [0.4, 0.5) is 0 Å². The van der Waals surface area contributed by atoms with Gasteiger partial charge in [-0.25, -0.2) is 0 Å². The first-order valence-corrected chi connectivity index (χ1v) is 7.88. The molecular formula is C14H26N6O3. The summed E-state index contributed by atoms with van der Waals surface area (Å²) in [5.41, 5.74) is 5.47. The van der Waals surface area contributed by atoms with Crippen LogP contribution < -0.4 is 5.73 Å². The second kappa shape index (κ2) is 8.11. The number of piperazine rings is 2. The third-order valence-corrected chi connectivity index (χ3v) is 4.38. The molecule has 0 spiro atoms. The first kappa shape index (κ1) is 17.5. The largest absolute Gasteiger partial charge is 0.468 e. The second-order valence-electron chi connectivity index (χ2n) is 5.88. The lowest BCUT2D eigenvalue weighted by atomic mass is 10.2. The van der Waals surface area contributed by atoms with Crippen molar-refractivity contribution in [2.45, 2.75) is 0 Å². The first-order valence-electron chi connectivity index (χ1n) is 7.88. The topological polar surface area (TPSA) is 106 Å². The molecule has 9 heteroatoms. The highest BCUT2D eigenvalue weighted by Crippen LogP contribution is 2.06. The van der Waals surface area contributed by atoms with E-state index in [2.05, 4.69) is 9.64 Å². The van der Waals surface area contributed by atoms with Gasteiger partial charge in [0, 0.05) is 52.4 Å². The maximum absolute atomic E-state index is 12.4. The monoisotopic (exact) mass is 326 g/mol. The molecule has 9 nitrogen and oxygen atoms in total. The summed E-state index contributed by atoms with van der Waals surface area (Å²) in [6.45, 7) is 6.23. The Morgan fingerprint density at radius 1 is 0.913 bits per heavy atom. The van der Waals surface area contributed by atoms with Gasteiger partial charge in [0.05, 0.1) is 20.2 Å². The minimum Gasteiger partial charge on any atom is -0.468 e. The van der Waals surface area contributed by atoms with Crippen LogP contribution in [0.25, 0.3) is 0 Å². The quantitative estimate of drug-likeness (QED) is 0.343. The van der Waals surface area contributed by atoms with Gasteiger partial charge < -0.3 is 20.3 Å². The summed E-state index contributed by atoms with van der Waals surface area (Å²) >= 11 is 0. The Morgan fingerprint density at radius 3 is 1.87 bits per heavy atom. The average Bonchev–Trinajstić information content (AvgIpc) is 2.55. The summed E-state index contributed by atoms with van der Waals surface area (Å²) in [7, 11) is 1.38. The van der Waals surface area contributed by atoms with Crippen molar-refractivity contribution >= 4 is 17.8 Å². The van der Waals surface area contributed by atoms with Crippen LogP contribution in [0.1, 0.15) is 0 Å². The van der Waals surface area contributed by atoms with Gasteiger partial charge in [0.15, 0.2) is 5.96 Å². The molecule has 0 radical (unpaired) electrons. The summed E-state index contributed by atoms with van der Waals surface area (Å²) in [5, 5.41) is 7.41. The number of carbonyl (C=O) groups is 2. The molecular weight excluding hydrogens is 300 g/mol. The third kappa shape index (κ3) is 5.07. The average molecular weight is 326 g/mol. The Morgan fingerprint density at radius 2 is 1.39 bits per heavy atom. The number of ether oxygens (including phenoxy) is 1. The Labute approximate surface area is 136 Å². The van der Waals surface area contributed by atoms with Gasteiger partial charge in [-0.15, -0.1) is 0 Å². The van der Waals surface area contributed by atoms with E-state index in [1.165, 1.54) is 7.11 Å². The van der Waals surface area contributed by atoms with Crippen molar-refractivity contribution in [2.75, 3.05) is 72.6 Å². The van der Waals surface area contributed by atoms with Crippen molar-refractivity contribution < 1.29 is 14.3 Å². The maximum Gasteiger partial charge on any atom is 0.319 e. The van der Waals surface area contributed by atoms with E-state index in [0.29, 0.717) is 45.8 Å². The number of hydrogen-bond donors (Lipinski definition) is 2. The predicted octanol–water partition coefficient (Wildman–Crippen LogP) is -2.19. The summed E-state index contributed by atoms with van der Waals surface area (Å²) in [5.74, 6) is -0.0233. The number of nitrogens with two attached hydrogens (primary N) is 1. The number of nitrogens with one attached hydrogen (secondary N) is 1. The van der Waals surface area contributed by atoms with E-state index >= 15 is 0 Å². The molecule has 2 aliphatic heterocycles. The Bertz CT molecular complexity index is 442. The van der Waals surface area contributed by atoms with Crippen LogP contribution in [0.5, 0.6) is 0 Å². The lowest BCUT2D eigenvalue weighted by Crippen LogP contribution is -2.55. The second-order valence-corrected chi connectivity index (χ2v) is 5.88. The molecule has 130 valence electrons. The van der Waals surface area contributed by atoms with Crippen molar-refractivity contribution in [1.29, 1.82) is 5.41 Å². The van der Waals surface area contributed by atoms with Crippen molar-refractivity contribution in [1.82, 2.24) is 19.6 Å². The zero-order chi connectivity index (χ0) is 16.8. The zero-order valence-corrected chi connectivity index (χ0v) is 13.7. The fourth-order valence-corrected chi connectivity index (χ4v) is 2.84. The van der Waals surface area contributed by atoms with Crippen LogP contribution in [0.2, 0.25) is 0 Å². The smallest absolute Gasteiger partial charge is 0.319 e.